The van der Waals surface area contributed by atoms with Gasteiger partial charge in [-0.2, -0.15) is 13.2 Å². The number of amides is 1. The highest BCUT2D eigenvalue weighted by Crippen LogP contribution is 2.19. The summed E-state index contributed by atoms with van der Waals surface area (Å²) >= 11 is 0. The van der Waals surface area contributed by atoms with Crippen LogP contribution >= 0.6 is 0 Å². The molecule has 0 fully saturated rings. The first-order valence-electron chi connectivity index (χ1n) is 3.92. The minimum atomic E-state index is -4.73. The van der Waals surface area contributed by atoms with Gasteiger partial charge >= 0.3 is 12.3 Å². The van der Waals surface area contributed by atoms with Crippen LogP contribution in [0.4, 0.5) is 18.0 Å². The van der Waals surface area contributed by atoms with Crippen molar-refractivity contribution >= 4 is 6.09 Å². The molecule has 0 aromatic heterocycles. The maximum absolute atomic E-state index is 11.7. The molecular formula is C7H12F3NO3. The second-order valence-corrected chi connectivity index (χ2v) is 2.89. The molecule has 2 N–H and O–H groups in total. The lowest BCUT2D eigenvalue weighted by atomic mass is 10.3. The van der Waals surface area contributed by atoms with Crippen molar-refractivity contribution in [3.63, 3.8) is 0 Å². The van der Waals surface area contributed by atoms with Gasteiger partial charge in [0.2, 0.25) is 0 Å². The van der Waals surface area contributed by atoms with Gasteiger partial charge in [0.25, 0.3) is 0 Å². The molecule has 1 amide bonds. The fourth-order valence-corrected chi connectivity index (χ4v) is 0.551. The molecule has 0 rings (SSSR count). The van der Waals surface area contributed by atoms with Crippen LogP contribution in [0.2, 0.25) is 0 Å². The molecule has 0 bridgehead atoms. The number of carbonyl (C=O) groups is 1. The Morgan fingerprint density at radius 2 is 2.00 bits per heavy atom. The van der Waals surface area contributed by atoms with Gasteiger partial charge < -0.3 is 15.2 Å². The van der Waals surface area contributed by atoms with Gasteiger partial charge in [-0.15, -0.1) is 0 Å². The summed E-state index contributed by atoms with van der Waals surface area (Å²) in [4.78, 5) is 10.7. The molecule has 0 aromatic rings. The van der Waals surface area contributed by atoms with Crippen molar-refractivity contribution < 1.29 is 27.8 Å². The minimum absolute atomic E-state index is 0.418. The first-order valence-corrected chi connectivity index (χ1v) is 3.92. The van der Waals surface area contributed by atoms with Crippen LogP contribution in [-0.4, -0.2) is 36.1 Å². The first kappa shape index (κ1) is 13.0. The minimum Gasteiger partial charge on any atom is -0.447 e. The van der Waals surface area contributed by atoms with E-state index < -0.39 is 31.0 Å². The molecule has 0 heterocycles. The first-order chi connectivity index (χ1) is 6.23. The second-order valence-electron chi connectivity index (χ2n) is 2.89. The van der Waals surface area contributed by atoms with Crippen LogP contribution in [-0.2, 0) is 4.74 Å². The molecule has 4 nitrogen and oxygen atoms in total. The third-order valence-electron chi connectivity index (χ3n) is 1.16. The highest BCUT2D eigenvalue weighted by molar-refractivity contribution is 5.67. The Balaban J connectivity index is 3.78. The number of ether oxygens (including phenoxy) is 1. The standard InChI is InChI=1S/C7H12F3NO3/c1-4(2)14-6(13)11-3-5(12)7(8,9)10/h4-5,12H,3H2,1-2H3,(H,11,13). The molecule has 0 aliphatic heterocycles. The molecule has 0 saturated heterocycles. The van der Waals surface area contributed by atoms with Crippen LogP contribution in [0, 0.1) is 0 Å². The predicted octanol–water partition coefficient (Wildman–Crippen LogP) is 1.04. The van der Waals surface area contributed by atoms with E-state index in [9.17, 15) is 18.0 Å². The van der Waals surface area contributed by atoms with Crippen molar-refractivity contribution in [2.75, 3.05) is 6.54 Å². The van der Waals surface area contributed by atoms with E-state index in [-0.39, 0.29) is 0 Å². The maximum atomic E-state index is 11.7. The second kappa shape index (κ2) is 5.04. The monoisotopic (exact) mass is 215 g/mol. The Labute approximate surface area is 79.0 Å². The smallest absolute Gasteiger partial charge is 0.416 e. The van der Waals surface area contributed by atoms with E-state index in [1.54, 1.807) is 19.2 Å². The van der Waals surface area contributed by atoms with Gasteiger partial charge in [0.1, 0.15) is 0 Å². The molecule has 0 aromatic carbocycles. The maximum Gasteiger partial charge on any atom is 0.416 e. The topological polar surface area (TPSA) is 58.6 Å². The lowest BCUT2D eigenvalue weighted by molar-refractivity contribution is -0.201. The Hall–Kier alpha value is -0.980. The number of aliphatic hydroxyl groups excluding tert-OH is 1. The Morgan fingerprint density at radius 3 is 2.36 bits per heavy atom. The quantitative estimate of drug-likeness (QED) is 0.739. The van der Waals surface area contributed by atoms with E-state index in [2.05, 4.69) is 4.74 Å². The summed E-state index contributed by atoms with van der Waals surface area (Å²) in [6, 6.07) is 0. The molecule has 1 unspecified atom stereocenters. The SMILES string of the molecule is CC(C)OC(=O)NCC(O)C(F)(F)F. The Bertz CT molecular complexity index is 193. The summed E-state index contributed by atoms with van der Waals surface area (Å²) in [5.41, 5.74) is 0. The van der Waals surface area contributed by atoms with E-state index >= 15 is 0 Å². The van der Waals surface area contributed by atoms with E-state index in [4.69, 9.17) is 5.11 Å². The van der Waals surface area contributed by atoms with Crippen molar-refractivity contribution in [2.24, 2.45) is 0 Å². The summed E-state index contributed by atoms with van der Waals surface area (Å²) in [6.45, 7) is 2.20. The molecule has 0 aliphatic carbocycles. The largest absolute Gasteiger partial charge is 0.447 e. The summed E-state index contributed by atoms with van der Waals surface area (Å²) in [6.07, 6.45) is -8.70. The molecule has 0 spiro atoms. The molecule has 14 heavy (non-hydrogen) atoms. The average Bonchev–Trinajstić information content (AvgIpc) is 1.96. The van der Waals surface area contributed by atoms with Crippen molar-refractivity contribution in [3.8, 4) is 0 Å². The number of carbonyl (C=O) groups excluding carboxylic acids is 1. The molecular weight excluding hydrogens is 203 g/mol. The Morgan fingerprint density at radius 1 is 1.50 bits per heavy atom. The van der Waals surface area contributed by atoms with Crippen molar-refractivity contribution in [3.05, 3.63) is 0 Å². The van der Waals surface area contributed by atoms with E-state index in [0.29, 0.717) is 0 Å². The van der Waals surface area contributed by atoms with Gasteiger partial charge in [0.05, 0.1) is 12.6 Å². The van der Waals surface area contributed by atoms with Crippen LogP contribution in [0.25, 0.3) is 0 Å². The zero-order chi connectivity index (χ0) is 11.4. The lowest BCUT2D eigenvalue weighted by Gasteiger charge is -2.15. The number of halogens is 3. The summed E-state index contributed by atoms with van der Waals surface area (Å²) in [5, 5.41) is 10.3. The van der Waals surface area contributed by atoms with Crippen LogP contribution in [0.5, 0.6) is 0 Å². The van der Waals surface area contributed by atoms with Gasteiger partial charge in [-0.1, -0.05) is 0 Å². The van der Waals surface area contributed by atoms with Crippen LogP contribution in [0.3, 0.4) is 0 Å². The third kappa shape index (κ3) is 5.63. The highest BCUT2D eigenvalue weighted by atomic mass is 19.4. The Kier molecular flexibility index (Phi) is 4.69. The number of nitrogens with one attached hydrogen (secondary N) is 1. The van der Waals surface area contributed by atoms with E-state index in [0.717, 1.165) is 0 Å². The normalized spacial score (nSPS) is 13.9. The fraction of sp³-hybridized carbons (Fsp3) is 0.857. The van der Waals surface area contributed by atoms with Crippen molar-refractivity contribution in [1.29, 1.82) is 0 Å². The predicted molar refractivity (Wildman–Crippen MR) is 41.7 cm³/mol. The zero-order valence-electron chi connectivity index (χ0n) is 7.76. The third-order valence-corrected chi connectivity index (χ3v) is 1.16. The molecule has 1 atom stereocenters. The van der Waals surface area contributed by atoms with Gasteiger partial charge in [-0.05, 0) is 13.8 Å². The molecule has 0 radical (unpaired) electrons. The van der Waals surface area contributed by atoms with Crippen LogP contribution in [0.15, 0.2) is 0 Å². The molecule has 7 heteroatoms. The average molecular weight is 215 g/mol. The van der Waals surface area contributed by atoms with Crippen LogP contribution in [0.1, 0.15) is 13.8 Å². The van der Waals surface area contributed by atoms with E-state index in [1.807, 2.05) is 0 Å². The van der Waals surface area contributed by atoms with Crippen molar-refractivity contribution in [2.45, 2.75) is 32.2 Å². The van der Waals surface area contributed by atoms with Crippen LogP contribution < -0.4 is 5.32 Å². The van der Waals surface area contributed by atoms with Gasteiger partial charge in [0, 0.05) is 0 Å². The molecule has 0 aliphatic rings. The number of hydrogen-bond donors (Lipinski definition) is 2. The number of aliphatic hydroxyl groups is 1. The van der Waals surface area contributed by atoms with Gasteiger partial charge in [-0.3, -0.25) is 0 Å². The summed E-state index contributed by atoms with van der Waals surface area (Å²) in [7, 11) is 0. The summed E-state index contributed by atoms with van der Waals surface area (Å²) < 4.78 is 39.6. The fourth-order valence-electron chi connectivity index (χ4n) is 0.551. The van der Waals surface area contributed by atoms with Gasteiger partial charge in [0.15, 0.2) is 6.10 Å². The summed E-state index contributed by atoms with van der Waals surface area (Å²) in [5.74, 6) is 0. The highest BCUT2D eigenvalue weighted by Gasteiger charge is 2.38. The van der Waals surface area contributed by atoms with E-state index in [1.165, 1.54) is 0 Å². The number of alkyl halides is 3. The number of alkyl carbamates (subject to hydrolysis) is 1. The van der Waals surface area contributed by atoms with Gasteiger partial charge in [-0.25, -0.2) is 4.79 Å². The molecule has 0 saturated carbocycles. The van der Waals surface area contributed by atoms with Crippen molar-refractivity contribution in [1.82, 2.24) is 5.32 Å². The molecule has 84 valence electrons. The zero-order valence-corrected chi connectivity index (χ0v) is 7.76. The number of hydrogen-bond acceptors (Lipinski definition) is 3. The lowest BCUT2D eigenvalue weighted by Crippen LogP contribution is -2.41. The number of rotatable bonds is 3.